The zero-order chi connectivity index (χ0) is 24.2. The third-order valence-corrected chi connectivity index (χ3v) is 4.85. The lowest BCUT2D eigenvalue weighted by molar-refractivity contribution is -0.265. The number of aliphatic hydroxyl groups is 1. The number of phenolic OH excluding ortho intramolecular Hbond substituents is 1. The van der Waals surface area contributed by atoms with E-state index in [4.69, 9.17) is 4.74 Å². The van der Waals surface area contributed by atoms with E-state index in [0.717, 1.165) is 19.1 Å². The Morgan fingerprint density at radius 2 is 2.00 bits per heavy atom. The second-order valence-corrected chi connectivity index (χ2v) is 7.45. The van der Waals surface area contributed by atoms with Crippen LogP contribution in [0.3, 0.4) is 0 Å². The van der Waals surface area contributed by atoms with Crippen LogP contribution in [-0.2, 0) is 20.7 Å². The van der Waals surface area contributed by atoms with Gasteiger partial charge in [0.05, 0.1) is 30.8 Å². The number of morpholine rings is 1. The fraction of sp³-hybridized carbons (Fsp3) is 0.579. The molecule has 0 spiro atoms. The van der Waals surface area contributed by atoms with Gasteiger partial charge in [0.25, 0.3) is 0 Å². The molecule has 1 aliphatic rings. The van der Waals surface area contributed by atoms with Crippen LogP contribution in [0.2, 0.25) is 0 Å². The van der Waals surface area contributed by atoms with E-state index in [-0.39, 0.29) is 17.7 Å². The topological polar surface area (TPSA) is 129 Å². The summed E-state index contributed by atoms with van der Waals surface area (Å²) in [6, 6.07) is -0.509. The van der Waals surface area contributed by atoms with Crippen molar-refractivity contribution in [1.82, 2.24) is 10.2 Å². The average Bonchev–Trinajstić information content (AvgIpc) is 2.63. The minimum absolute atomic E-state index is 0.182. The molecule has 1 saturated heterocycles. The Morgan fingerprint density at radius 1 is 1.34 bits per heavy atom. The smallest absolute Gasteiger partial charge is 0.411 e. The van der Waals surface area contributed by atoms with Gasteiger partial charge in [-0.3, -0.25) is 9.69 Å². The lowest BCUT2D eigenvalue weighted by atomic mass is 9.94. The molecule has 13 heteroatoms. The van der Waals surface area contributed by atoms with Crippen molar-refractivity contribution >= 4 is 12.0 Å². The van der Waals surface area contributed by atoms with E-state index >= 15 is 0 Å². The highest BCUT2D eigenvalue weighted by molar-refractivity contribution is 5.73. The van der Waals surface area contributed by atoms with Crippen LogP contribution in [-0.4, -0.2) is 82.1 Å². The van der Waals surface area contributed by atoms with Crippen LogP contribution < -0.4 is 5.32 Å². The van der Waals surface area contributed by atoms with E-state index in [1.165, 1.54) is 13.0 Å². The molecule has 0 saturated carbocycles. The van der Waals surface area contributed by atoms with Crippen molar-refractivity contribution in [2.75, 3.05) is 13.2 Å². The molecule has 1 aromatic rings. The summed E-state index contributed by atoms with van der Waals surface area (Å²) in [7, 11) is 0. The van der Waals surface area contributed by atoms with E-state index in [0.29, 0.717) is 4.90 Å². The third kappa shape index (κ3) is 6.93. The summed E-state index contributed by atoms with van der Waals surface area (Å²) in [5.41, 5.74) is 0.207. The van der Waals surface area contributed by atoms with E-state index in [9.17, 15) is 42.5 Å². The molecule has 32 heavy (non-hydrogen) atoms. The fourth-order valence-corrected chi connectivity index (χ4v) is 3.58. The number of carbonyl (C=O) groups excluding carboxylic acids is 1. The van der Waals surface area contributed by atoms with Crippen LogP contribution in [0, 0.1) is 5.82 Å². The number of phenols is 1. The van der Waals surface area contributed by atoms with Gasteiger partial charge in [0.15, 0.2) is 6.29 Å². The Kier molecular flexibility index (Phi) is 8.26. The third-order valence-electron chi connectivity index (χ3n) is 4.85. The molecule has 180 valence electrons. The molecule has 1 heterocycles. The normalized spacial score (nSPS) is 23.5. The second-order valence-electron chi connectivity index (χ2n) is 7.45. The first-order valence-corrected chi connectivity index (χ1v) is 9.53. The molecule has 0 aromatic heterocycles. The van der Waals surface area contributed by atoms with Crippen LogP contribution in [0.25, 0.3) is 0 Å². The highest BCUT2D eigenvalue weighted by Gasteiger charge is 2.45. The second kappa shape index (κ2) is 10.3. The van der Waals surface area contributed by atoms with Gasteiger partial charge in [0, 0.05) is 13.0 Å². The lowest BCUT2D eigenvalue weighted by Crippen LogP contribution is -2.65. The zero-order valence-corrected chi connectivity index (χ0v) is 17.2. The molecule has 1 aromatic carbocycles. The number of carbonyl (C=O) groups is 2. The lowest BCUT2D eigenvalue weighted by Gasteiger charge is -2.45. The quantitative estimate of drug-likeness (QED) is 0.448. The molecule has 2 rings (SSSR count). The number of carboxylic acid groups (broad SMARTS) is 1. The summed E-state index contributed by atoms with van der Waals surface area (Å²) in [4.78, 5) is 24.2. The Bertz CT molecular complexity index is 803. The summed E-state index contributed by atoms with van der Waals surface area (Å²) >= 11 is 0. The Labute approximate surface area is 180 Å². The SMILES string of the molecule is CC(=O)N[C@@H](Cc1cc(O)cc(F)c1)[C@H](O)[C@H]1CO[C@@H](OCC(F)(F)F)[C@H](C)N1C(=O)O. The molecular formula is C19H24F4N2O7. The van der Waals surface area contributed by atoms with Crippen LogP contribution in [0.1, 0.15) is 19.4 Å². The summed E-state index contributed by atoms with van der Waals surface area (Å²) in [6.07, 6.45) is -9.50. The van der Waals surface area contributed by atoms with E-state index in [2.05, 4.69) is 10.1 Å². The van der Waals surface area contributed by atoms with Crippen LogP contribution >= 0.6 is 0 Å². The minimum atomic E-state index is -4.65. The number of nitrogens with one attached hydrogen (secondary N) is 1. The molecule has 4 N–H and O–H groups in total. The van der Waals surface area contributed by atoms with E-state index in [1.54, 1.807) is 0 Å². The van der Waals surface area contributed by atoms with Gasteiger partial charge in [0.1, 0.15) is 18.2 Å². The first-order valence-electron chi connectivity index (χ1n) is 9.53. The van der Waals surface area contributed by atoms with Crippen LogP contribution in [0.4, 0.5) is 22.4 Å². The molecule has 9 nitrogen and oxygen atoms in total. The standard InChI is InChI=1S/C19H24F4N2O7/c1-9-17(32-8-19(21,22)23)31-7-15(25(9)18(29)30)16(28)14(24-10(2)26)5-11-3-12(20)6-13(27)4-11/h3-4,6,9,14-17,27-28H,5,7-8H2,1-2H3,(H,24,26)(H,29,30)/t9-,14-,15+,16-,17-/m0/s1. The monoisotopic (exact) mass is 468 g/mol. The molecule has 2 amide bonds. The van der Waals surface area contributed by atoms with Crippen LogP contribution in [0.5, 0.6) is 5.75 Å². The highest BCUT2D eigenvalue weighted by atomic mass is 19.4. The number of amides is 2. The first kappa shape index (κ1) is 25.6. The largest absolute Gasteiger partial charge is 0.508 e. The van der Waals surface area contributed by atoms with Gasteiger partial charge in [0.2, 0.25) is 5.91 Å². The van der Waals surface area contributed by atoms with Crippen molar-refractivity contribution in [2.45, 2.75) is 57.0 Å². The maximum atomic E-state index is 13.6. The fourth-order valence-electron chi connectivity index (χ4n) is 3.58. The Balaban J connectivity index is 2.24. The Morgan fingerprint density at radius 3 is 2.53 bits per heavy atom. The van der Waals surface area contributed by atoms with Crippen molar-refractivity contribution in [1.29, 1.82) is 0 Å². The van der Waals surface area contributed by atoms with E-state index in [1.807, 2.05) is 0 Å². The van der Waals surface area contributed by atoms with E-state index < -0.39 is 67.7 Å². The van der Waals surface area contributed by atoms with Crippen molar-refractivity contribution in [2.24, 2.45) is 0 Å². The number of hydrogen-bond acceptors (Lipinski definition) is 6. The Hall–Kier alpha value is -2.64. The van der Waals surface area contributed by atoms with Gasteiger partial charge in [-0.1, -0.05) is 0 Å². The predicted molar refractivity (Wildman–Crippen MR) is 100 cm³/mol. The number of aliphatic hydroxyl groups excluding tert-OH is 1. The average molecular weight is 468 g/mol. The van der Waals surface area contributed by atoms with Gasteiger partial charge in [-0.15, -0.1) is 0 Å². The number of alkyl halides is 3. The molecule has 0 aliphatic carbocycles. The zero-order valence-electron chi connectivity index (χ0n) is 17.2. The summed E-state index contributed by atoms with van der Waals surface area (Å²) in [5, 5.41) is 32.5. The van der Waals surface area contributed by atoms with Crippen molar-refractivity contribution < 1.29 is 51.9 Å². The van der Waals surface area contributed by atoms with Gasteiger partial charge < -0.3 is 30.1 Å². The molecule has 1 aliphatic heterocycles. The molecule has 5 atom stereocenters. The summed E-state index contributed by atoms with van der Waals surface area (Å²) < 4.78 is 60.9. The molecule has 0 bridgehead atoms. The van der Waals surface area contributed by atoms with Gasteiger partial charge in [-0.05, 0) is 31.0 Å². The van der Waals surface area contributed by atoms with Gasteiger partial charge >= 0.3 is 12.3 Å². The maximum Gasteiger partial charge on any atom is 0.411 e. The number of hydrogen-bond donors (Lipinski definition) is 4. The maximum absolute atomic E-state index is 13.6. The van der Waals surface area contributed by atoms with Gasteiger partial charge in [-0.25, -0.2) is 9.18 Å². The number of ether oxygens (including phenoxy) is 2. The number of benzene rings is 1. The first-order chi connectivity index (χ1) is 14.8. The van der Waals surface area contributed by atoms with Crippen molar-refractivity contribution in [3.63, 3.8) is 0 Å². The van der Waals surface area contributed by atoms with Crippen LogP contribution in [0.15, 0.2) is 18.2 Å². The number of rotatable bonds is 7. The molecular weight excluding hydrogens is 444 g/mol. The van der Waals surface area contributed by atoms with Crippen molar-refractivity contribution in [3.05, 3.63) is 29.6 Å². The number of nitrogens with zero attached hydrogens (tertiary/aromatic N) is 1. The molecule has 1 fully saturated rings. The predicted octanol–water partition coefficient (Wildman–Crippen LogP) is 1.61. The summed E-state index contributed by atoms with van der Waals surface area (Å²) in [5.74, 6) is -1.72. The van der Waals surface area contributed by atoms with Crippen molar-refractivity contribution in [3.8, 4) is 5.75 Å². The molecule has 0 radical (unpaired) electrons. The minimum Gasteiger partial charge on any atom is -0.508 e. The molecule has 0 unspecified atom stereocenters. The number of halogens is 4. The number of aromatic hydroxyl groups is 1. The van der Waals surface area contributed by atoms with Gasteiger partial charge in [-0.2, -0.15) is 13.2 Å². The summed E-state index contributed by atoms with van der Waals surface area (Å²) in [6.45, 7) is 0.232. The highest BCUT2D eigenvalue weighted by Crippen LogP contribution is 2.27.